The van der Waals surface area contributed by atoms with Crippen LogP contribution in [0, 0.1) is 6.92 Å². The first kappa shape index (κ1) is 15.5. The molecule has 1 aromatic heterocycles. The van der Waals surface area contributed by atoms with E-state index < -0.39 is 10.5 Å². The molecule has 1 heterocycles. The van der Waals surface area contributed by atoms with E-state index in [0.29, 0.717) is 18.0 Å². The number of benzene rings is 1. The van der Waals surface area contributed by atoms with Gasteiger partial charge in [0.05, 0.1) is 10.5 Å². The van der Waals surface area contributed by atoms with Gasteiger partial charge in [0, 0.05) is 12.6 Å². The Balaban J connectivity index is 2.33. The zero-order valence-corrected chi connectivity index (χ0v) is 13.4. The summed E-state index contributed by atoms with van der Waals surface area (Å²) in [5.41, 5.74) is 1.01. The van der Waals surface area contributed by atoms with Gasteiger partial charge in [0.25, 0.3) is 0 Å². The fourth-order valence-electron chi connectivity index (χ4n) is 1.98. The lowest BCUT2D eigenvalue weighted by Crippen LogP contribution is -2.22. The summed E-state index contributed by atoms with van der Waals surface area (Å²) in [4.78, 5) is 23.7. The smallest absolute Gasteiger partial charge is 0.349 e. The molecular formula is C16H16BrNO3. The van der Waals surface area contributed by atoms with Crippen LogP contribution in [-0.2, 0) is 6.54 Å². The van der Waals surface area contributed by atoms with Crippen molar-refractivity contribution in [3.8, 4) is 0 Å². The van der Waals surface area contributed by atoms with E-state index in [9.17, 15) is 9.59 Å². The predicted octanol–water partition coefficient (Wildman–Crippen LogP) is 3.53. The van der Waals surface area contributed by atoms with Crippen LogP contribution in [0.4, 0.5) is 5.69 Å². The molecule has 110 valence electrons. The van der Waals surface area contributed by atoms with Gasteiger partial charge in [-0.2, -0.15) is 0 Å². The molecule has 0 aliphatic carbocycles. The van der Waals surface area contributed by atoms with Crippen molar-refractivity contribution in [1.29, 1.82) is 0 Å². The van der Waals surface area contributed by atoms with Crippen molar-refractivity contribution >= 4 is 27.4 Å². The Bertz CT molecular complexity index is 692. The van der Waals surface area contributed by atoms with Gasteiger partial charge in [0.15, 0.2) is 5.78 Å². The normalized spacial score (nSPS) is 12.0. The lowest BCUT2D eigenvalue weighted by Gasteiger charge is -2.12. The fraction of sp³-hybridized carbons (Fsp3) is 0.250. The minimum atomic E-state index is -0.609. The van der Waals surface area contributed by atoms with Gasteiger partial charge in [0.1, 0.15) is 11.3 Å². The number of Topliss-reactive ketones (excluding diaryl/α,β-unsaturated/α-hetero) is 1. The minimum absolute atomic E-state index is 0.0564. The van der Waals surface area contributed by atoms with Crippen LogP contribution in [-0.4, -0.2) is 10.6 Å². The van der Waals surface area contributed by atoms with Gasteiger partial charge in [-0.25, -0.2) is 4.79 Å². The highest BCUT2D eigenvalue weighted by Gasteiger charge is 2.21. The summed E-state index contributed by atoms with van der Waals surface area (Å²) >= 11 is 3.20. The summed E-state index contributed by atoms with van der Waals surface area (Å²) in [5, 5.41) is 3.15. The molecule has 1 aromatic carbocycles. The van der Waals surface area contributed by atoms with Crippen molar-refractivity contribution in [2.45, 2.75) is 25.2 Å². The first-order chi connectivity index (χ1) is 9.99. The summed E-state index contributed by atoms with van der Waals surface area (Å²) in [7, 11) is 0. The summed E-state index contributed by atoms with van der Waals surface area (Å²) < 4.78 is 5.04. The van der Waals surface area contributed by atoms with Gasteiger partial charge < -0.3 is 9.73 Å². The predicted molar refractivity (Wildman–Crippen MR) is 86.2 cm³/mol. The monoisotopic (exact) mass is 349 g/mol. The van der Waals surface area contributed by atoms with E-state index >= 15 is 0 Å². The molecule has 5 heteroatoms. The van der Waals surface area contributed by atoms with Gasteiger partial charge >= 0.3 is 5.63 Å². The number of carbonyl (C=O) groups is 1. The number of hydrogen-bond acceptors (Lipinski definition) is 4. The van der Waals surface area contributed by atoms with Crippen molar-refractivity contribution in [3.63, 3.8) is 0 Å². The number of rotatable bonds is 5. The molecule has 1 N–H and O–H groups in total. The number of ketones is 1. The Morgan fingerprint density at radius 3 is 2.62 bits per heavy atom. The molecule has 0 saturated carbocycles. The van der Waals surface area contributed by atoms with E-state index in [1.54, 1.807) is 19.9 Å². The van der Waals surface area contributed by atoms with Crippen LogP contribution in [0.3, 0.4) is 0 Å². The molecule has 0 amide bonds. The average Bonchev–Trinajstić information content (AvgIpc) is 2.45. The topological polar surface area (TPSA) is 59.3 Å². The highest BCUT2D eigenvalue weighted by molar-refractivity contribution is 9.10. The van der Waals surface area contributed by atoms with Crippen LogP contribution in [0.2, 0.25) is 0 Å². The molecular weight excluding hydrogens is 334 g/mol. The maximum absolute atomic E-state index is 12.2. The van der Waals surface area contributed by atoms with E-state index in [0.717, 1.165) is 5.56 Å². The van der Waals surface area contributed by atoms with Crippen LogP contribution in [0.15, 0.2) is 45.6 Å². The maximum Gasteiger partial charge on any atom is 0.349 e. The number of aryl methyl sites for hydroxylation is 1. The van der Waals surface area contributed by atoms with Crippen LogP contribution in [0.1, 0.15) is 28.6 Å². The standard InChI is InChI=1S/C16H16BrNO3/c1-10-8-13(18-9-12-6-4-3-5-7-12)14(16(20)21-10)15(19)11(2)17/h3-8,11,18H,9H2,1-2H3. The van der Waals surface area contributed by atoms with Gasteiger partial charge in [-0.1, -0.05) is 46.3 Å². The van der Waals surface area contributed by atoms with Gasteiger partial charge in [0.2, 0.25) is 0 Å². The second-order valence-corrected chi connectivity index (χ2v) is 6.13. The number of halogens is 1. The zero-order chi connectivity index (χ0) is 15.4. The highest BCUT2D eigenvalue weighted by Crippen LogP contribution is 2.19. The molecule has 0 aliphatic rings. The zero-order valence-electron chi connectivity index (χ0n) is 11.9. The van der Waals surface area contributed by atoms with Crippen molar-refractivity contribution < 1.29 is 9.21 Å². The van der Waals surface area contributed by atoms with Crippen LogP contribution >= 0.6 is 15.9 Å². The van der Waals surface area contributed by atoms with Gasteiger partial charge in [-0.05, 0) is 19.4 Å². The molecule has 2 rings (SSSR count). The second kappa shape index (κ2) is 6.72. The van der Waals surface area contributed by atoms with E-state index in [4.69, 9.17) is 4.42 Å². The largest absolute Gasteiger partial charge is 0.428 e. The first-order valence-electron chi connectivity index (χ1n) is 6.60. The quantitative estimate of drug-likeness (QED) is 0.662. The summed E-state index contributed by atoms with van der Waals surface area (Å²) in [6.07, 6.45) is 0. The number of nitrogens with one attached hydrogen (secondary N) is 1. The molecule has 4 nitrogen and oxygen atoms in total. The molecule has 0 radical (unpaired) electrons. The molecule has 2 aromatic rings. The van der Waals surface area contributed by atoms with E-state index in [-0.39, 0.29) is 11.3 Å². The molecule has 0 spiro atoms. The molecule has 1 atom stereocenters. The summed E-state index contributed by atoms with van der Waals surface area (Å²) in [6, 6.07) is 11.4. The fourth-order valence-corrected chi connectivity index (χ4v) is 2.21. The Morgan fingerprint density at radius 2 is 2.00 bits per heavy atom. The lowest BCUT2D eigenvalue weighted by atomic mass is 10.1. The number of alkyl halides is 1. The number of hydrogen-bond donors (Lipinski definition) is 1. The molecule has 0 bridgehead atoms. The third kappa shape index (κ3) is 3.82. The first-order valence-corrected chi connectivity index (χ1v) is 7.51. The second-order valence-electron chi connectivity index (χ2n) is 4.75. The molecule has 1 unspecified atom stereocenters. The Labute approximate surface area is 131 Å². The molecule has 0 aliphatic heterocycles. The Kier molecular flexibility index (Phi) is 4.96. The molecule has 21 heavy (non-hydrogen) atoms. The van der Waals surface area contributed by atoms with Crippen LogP contribution in [0.5, 0.6) is 0 Å². The van der Waals surface area contributed by atoms with Crippen molar-refractivity contribution in [2.24, 2.45) is 0 Å². The third-order valence-corrected chi connectivity index (χ3v) is 3.42. The average molecular weight is 350 g/mol. The highest BCUT2D eigenvalue weighted by atomic mass is 79.9. The lowest BCUT2D eigenvalue weighted by molar-refractivity contribution is 0.0992. The van der Waals surface area contributed by atoms with Crippen LogP contribution < -0.4 is 10.9 Å². The van der Waals surface area contributed by atoms with Crippen molar-refractivity contribution in [3.05, 3.63) is 63.7 Å². The van der Waals surface area contributed by atoms with Crippen molar-refractivity contribution in [1.82, 2.24) is 0 Å². The van der Waals surface area contributed by atoms with E-state index in [1.165, 1.54) is 0 Å². The molecule has 0 fully saturated rings. The van der Waals surface area contributed by atoms with E-state index in [2.05, 4.69) is 21.2 Å². The summed E-state index contributed by atoms with van der Waals surface area (Å²) in [6.45, 7) is 3.89. The number of carbonyl (C=O) groups excluding carboxylic acids is 1. The van der Waals surface area contributed by atoms with Gasteiger partial charge in [-0.15, -0.1) is 0 Å². The van der Waals surface area contributed by atoms with E-state index in [1.807, 2.05) is 30.3 Å². The molecule has 0 saturated heterocycles. The number of anilines is 1. The summed E-state index contributed by atoms with van der Waals surface area (Å²) in [5.74, 6) is 0.175. The SMILES string of the molecule is Cc1cc(NCc2ccccc2)c(C(=O)C(C)Br)c(=O)o1. The third-order valence-electron chi connectivity index (χ3n) is 3.01. The Morgan fingerprint density at radius 1 is 1.33 bits per heavy atom. The van der Waals surface area contributed by atoms with Crippen molar-refractivity contribution in [2.75, 3.05) is 5.32 Å². The Hall–Kier alpha value is -1.88. The maximum atomic E-state index is 12.2. The van der Waals surface area contributed by atoms with Gasteiger partial charge in [-0.3, -0.25) is 4.79 Å². The van der Waals surface area contributed by atoms with Crippen LogP contribution in [0.25, 0.3) is 0 Å². The minimum Gasteiger partial charge on any atom is -0.428 e.